The van der Waals surface area contributed by atoms with E-state index in [1.54, 1.807) is 6.08 Å². The molecule has 0 heterocycles. The van der Waals surface area contributed by atoms with E-state index in [1.165, 1.54) is 13.2 Å². The predicted molar refractivity (Wildman–Crippen MR) is 84.4 cm³/mol. The van der Waals surface area contributed by atoms with Gasteiger partial charge in [-0.15, -0.1) is 0 Å². The number of nitrogens with one attached hydrogen (secondary N) is 1. The summed E-state index contributed by atoms with van der Waals surface area (Å²) in [5.74, 6) is -1.13. The smallest absolute Gasteiger partial charge is 0.330 e. The lowest BCUT2D eigenvalue weighted by Gasteiger charge is -2.18. The van der Waals surface area contributed by atoms with Crippen molar-refractivity contribution < 1.29 is 19.4 Å². The maximum absolute atomic E-state index is 11.9. The van der Waals surface area contributed by atoms with Crippen LogP contribution in [0.15, 0.2) is 36.4 Å². The summed E-state index contributed by atoms with van der Waals surface area (Å²) in [4.78, 5) is 22.8. The van der Waals surface area contributed by atoms with Crippen LogP contribution in [0.5, 0.6) is 0 Å². The minimum absolute atomic E-state index is 0.286. The number of rotatable bonds is 7. The zero-order valence-electron chi connectivity index (χ0n) is 13.2. The number of benzene rings is 1. The molecule has 2 N–H and O–H groups in total. The molecule has 22 heavy (non-hydrogen) atoms. The van der Waals surface area contributed by atoms with Gasteiger partial charge in [0.25, 0.3) is 0 Å². The van der Waals surface area contributed by atoms with E-state index >= 15 is 0 Å². The molecule has 1 rings (SSSR count). The van der Waals surface area contributed by atoms with Crippen molar-refractivity contribution in [2.75, 3.05) is 13.7 Å². The molecule has 0 aromatic heterocycles. The van der Waals surface area contributed by atoms with Gasteiger partial charge >= 0.3 is 5.97 Å². The van der Waals surface area contributed by atoms with Crippen molar-refractivity contribution in [2.24, 2.45) is 0 Å². The number of aliphatic hydroxyl groups excluding tert-OH is 1. The third-order valence-electron chi connectivity index (χ3n) is 3.41. The molecule has 5 nitrogen and oxygen atoms in total. The highest BCUT2D eigenvalue weighted by Crippen LogP contribution is 2.19. The van der Waals surface area contributed by atoms with Crippen molar-refractivity contribution in [1.29, 1.82) is 0 Å². The number of aryl methyl sites for hydroxylation is 1. The van der Waals surface area contributed by atoms with Crippen LogP contribution in [0.25, 0.3) is 0 Å². The third-order valence-corrected chi connectivity index (χ3v) is 3.41. The molecular weight excluding hydrogens is 282 g/mol. The van der Waals surface area contributed by atoms with Crippen LogP contribution >= 0.6 is 0 Å². The van der Waals surface area contributed by atoms with E-state index in [4.69, 9.17) is 0 Å². The standard InChI is InChI=1S/C17H23NO4/c1-12-7-9-14(10-8-12)13(2)16(20)17(21)18-11-5-4-6-15(19)22-3/h4,6-10,13,16,20H,5,11H2,1-3H3,(H,18,21)/b6-4+. The first kappa shape index (κ1) is 17.9. The quantitative estimate of drug-likeness (QED) is 0.457. The summed E-state index contributed by atoms with van der Waals surface area (Å²) in [5, 5.41) is 12.7. The van der Waals surface area contributed by atoms with Gasteiger partial charge in [-0.3, -0.25) is 4.79 Å². The predicted octanol–water partition coefficient (Wildman–Crippen LogP) is 1.69. The molecule has 0 fully saturated rings. The highest BCUT2D eigenvalue weighted by Gasteiger charge is 2.23. The summed E-state index contributed by atoms with van der Waals surface area (Å²) >= 11 is 0. The van der Waals surface area contributed by atoms with E-state index in [1.807, 2.05) is 38.1 Å². The average Bonchev–Trinajstić information content (AvgIpc) is 2.53. The Morgan fingerprint density at radius 2 is 1.95 bits per heavy atom. The van der Waals surface area contributed by atoms with Crippen molar-refractivity contribution >= 4 is 11.9 Å². The fraction of sp³-hybridized carbons (Fsp3) is 0.412. The number of ether oxygens (including phenoxy) is 1. The molecule has 0 radical (unpaired) electrons. The van der Waals surface area contributed by atoms with Crippen LogP contribution in [0.1, 0.15) is 30.4 Å². The first-order chi connectivity index (χ1) is 10.5. The van der Waals surface area contributed by atoms with Crippen molar-refractivity contribution in [1.82, 2.24) is 5.32 Å². The van der Waals surface area contributed by atoms with Crippen molar-refractivity contribution in [3.8, 4) is 0 Å². The molecule has 120 valence electrons. The Hall–Kier alpha value is -2.14. The Balaban J connectivity index is 2.42. The highest BCUT2D eigenvalue weighted by atomic mass is 16.5. The molecule has 0 bridgehead atoms. The fourth-order valence-electron chi connectivity index (χ4n) is 1.91. The Morgan fingerprint density at radius 1 is 1.32 bits per heavy atom. The number of esters is 1. The van der Waals surface area contributed by atoms with Crippen LogP contribution in [0, 0.1) is 6.92 Å². The number of carbonyl (C=O) groups is 2. The SMILES string of the molecule is COC(=O)/C=C/CCNC(=O)C(O)C(C)c1ccc(C)cc1. The first-order valence-corrected chi connectivity index (χ1v) is 7.22. The van der Waals surface area contributed by atoms with Gasteiger partial charge in [-0.05, 0) is 18.9 Å². The maximum Gasteiger partial charge on any atom is 0.330 e. The van der Waals surface area contributed by atoms with Gasteiger partial charge in [-0.2, -0.15) is 0 Å². The van der Waals surface area contributed by atoms with Crippen LogP contribution in [0.4, 0.5) is 0 Å². The molecule has 1 amide bonds. The second-order valence-electron chi connectivity index (χ2n) is 5.15. The first-order valence-electron chi connectivity index (χ1n) is 7.22. The Kier molecular flexibility index (Phi) is 7.32. The van der Waals surface area contributed by atoms with Gasteiger partial charge in [-0.25, -0.2) is 4.79 Å². The maximum atomic E-state index is 11.9. The van der Waals surface area contributed by atoms with Crippen LogP contribution in [-0.2, 0) is 14.3 Å². The van der Waals surface area contributed by atoms with Gasteiger partial charge in [0.2, 0.25) is 5.91 Å². The lowest BCUT2D eigenvalue weighted by molar-refractivity contribution is -0.134. The second-order valence-corrected chi connectivity index (χ2v) is 5.15. The number of hydrogen-bond acceptors (Lipinski definition) is 4. The van der Waals surface area contributed by atoms with Gasteiger partial charge in [0.05, 0.1) is 7.11 Å². The molecule has 0 saturated carbocycles. The molecule has 5 heteroatoms. The molecule has 2 unspecified atom stereocenters. The molecule has 0 aliphatic heterocycles. The largest absolute Gasteiger partial charge is 0.466 e. The molecule has 1 aromatic rings. The van der Waals surface area contributed by atoms with Crippen LogP contribution in [0.3, 0.4) is 0 Å². The molecule has 0 aliphatic carbocycles. The Labute approximate surface area is 131 Å². The zero-order chi connectivity index (χ0) is 16.5. The second kappa shape index (κ2) is 9.00. The minimum atomic E-state index is -1.10. The minimum Gasteiger partial charge on any atom is -0.466 e. The molecular formula is C17H23NO4. The monoisotopic (exact) mass is 305 g/mol. The topological polar surface area (TPSA) is 75.6 Å². The Bertz CT molecular complexity index is 522. The number of hydrogen-bond donors (Lipinski definition) is 2. The number of amides is 1. The van der Waals surface area contributed by atoms with E-state index in [0.717, 1.165) is 11.1 Å². The van der Waals surface area contributed by atoms with E-state index < -0.39 is 18.0 Å². The average molecular weight is 305 g/mol. The van der Waals surface area contributed by atoms with Crippen molar-refractivity contribution in [3.05, 3.63) is 47.5 Å². The van der Waals surface area contributed by atoms with Gasteiger partial charge in [0, 0.05) is 18.5 Å². The summed E-state index contributed by atoms with van der Waals surface area (Å²) in [6.45, 7) is 4.15. The lowest BCUT2D eigenvalue weighted by Crippen LogP contribution is -2.38. The highest BCUT2D eigenvalue weighted by molar-refractivity contribution is 5.82. The summed E-state index contributed by atoms with van der Waals surface area (Å²) in [7, 11) is 1.30. The number of methoxy groups -OCH3 is 1. The van der Waals surface area contributed by atoms with Gasteiger partial charge < -0.3 is 15.2 Å². The molecule has 0 spiro atoms. The summed E-state index contributed by atoms with van der Waals surface area (Å²) < 4.78 is 4.45. The van der Waals surface area contributed by atoms with Crippen LogP contribution in [-0.4, -0.2) is 36.7 Å². The van der Waals surface area contributed by atoms with Gasteiger partial charge in [0.1, 0.15) is 6.10 Å². The van der Waals surface area contributed by atoms with Crippen molar-refractivity contribution in [3.63, 3.8) is 0 Å². The van der Waals surface area contributed by atoms with E-state index in [0.29, 0.717) is 13.0 Å². The summed E-state index contributed by atoms with van der Waals surface area (Å²) in [6.07, 6.45) is 2.30. The summed E-state index contributed by atoms with van der Waals surface area (Å²) in [6, 6.07) is 7.73. The normalized spacial score (nSPS) is 13.6. The summed E-state index contributed by atoms with van der Waals surface area (Å²) in [5.41, 5.74) is 2.05. The van der Waals surface area contributed by atoms with Crippen molar-refractivity contribution in [2.45, 2.75) is 32.3 Å². The van der Waals surface area contributed by atoms with E-state index in [9.17, 15) is 14.7 Å². The molecule has 1 aromatic carbocycles. The Morgan fingerprint density at radius 3 is 2.55 bits per heavy atom. The molecule has 2 atom stereocenters. The molecule has 0 aliphatic rings. The lowest BCUT2D eigenvalue weighted by atomic mass is 9.94. The number of aliphatic hydroxyl groups is 1. The number of carbonyl (C=O) groups excluding carboxylic acids is 2. The van der Waals surface area contributed by atoms with Crippen LogP contribution in [0.2, 0.25) is 0 Å². The van der Waals surface area contributed by atoms with Gasteiger partial charge in [0.15, 0.2) is 0 Å². The van der Waals surface area contributed by atoms with Gasteiger partial charge in [-0.1, -0.05) is 42.8 Å². The third kappa shape index (κ3) is 5.69. The van der Waals surface area contributed by atoms with Crippen LogP contribution < -0.4 is 5.32 Å². The zero-order valence-corrected chi connectivity index (χ0v) is 13.2. The van der Waals surface area contributed by atoms with E-state index in [-0.39, 0.29) is 5.92 Å². The fourth-order valence-corrected chi connectivity index (χ4v) is 1.91. The van der Waals surface area contributed by atoms with E-state index in [2.05, 4.69) is 10.1 Å². The molecule has 0 saturated heterocycles.